The lowest BCUT2D eigenvalue weighted by molar-refractivity contribution is 0.0472. The van der Waals surface area contributed by atoms with Crippen LogP contribution in [0.15, 0.2) is 42.5 Å². The lowest BCUT2D eigenvalue weighted by Crippen LogP contribution is -2.07. The summed E-state index contributed by atoms with van der Waals surface area (Å²) in [6, 6.07) is 11.6. The molecular weight excluding hydrogens is 242 g/mol. The lowest BCUT2D eigenvalue weighted by Gasteiger charge is -2.08. The van der Waals surface area contributed by atoms with Gasteiger partial charge in [-0.25, -0.2) is 4.79 Å². The molecule has 3 N–H and O–H groups in total. The van der Waals surface area contributed by atoms with Gasteiger partial charge in [0.1, 0.15) is 12.4 Å². The third kappa shape index (κ3) is 3.25. The van der Waals surface area contributed by atoms with Crippen molar-refractivity contribution < 1.29 is 14.6 Å². The molecule has 0 aliphatic heterocycles. The molecule has 0 saturated heterocycles. The number of aromatic hydroxyl groups is 1. The zero-order valence-electron chi connectivity index (χ0n) is 10.6. The number of anilines is 1. The van der Waals surface area contributed by atoms with Crippen LogP contribution in [-0.4, -0.2) is 11.1 Å². The number of rotatable bonds is 3. The number of phenolic OH excluding ortho intramolecular Hbond substituents is 1. The second kappa shape index (κ2) is 5.44. The van der Waals surface area contributed by atoms with Gasteiger partial charge in [0.2, 0.25) is 0 Å². The summed E-state index contributed by atoms with van der Waals surface area (Å²) in [7, 11) is 0. The van der Waals surface area contributed by atoms with Crippen molar-refractivity contribution in [2.75, 3.05) is 5.73 Å². The van der Waals surface area contributed by atoms with Crippen molar-refractivity contribution in [3.63, 3.8) is 0 Å². The quantitative estimate of drug-likeness (QED) is 0.655. The molecule has 2 aromatic carbocycles. The SMILES string of the molecule is Cc1ccc(N)cc1C(=O)OCc1ccc(O)cc1. The maximum Gasteiger partial charge on any atom is 0.338 e. The number of nitrogens with two attached hydrogens (primary N) is 1. The molecule has 0 aliphatic rings. The number of carbonyl (C=O) groups excluding carboxylic acids is 1. The molecule has 0 amide bonds. The Balaban J connectivity index is 2.05. The summed E-state index contributed by atoms with van der Waals surface area (Å²) in [5.41, 5.74) is 8.29. The van der Waals surface area contributed by atoms with Gasteiger partial charge in [-0.05, 0) is 42.3 Å². The highest BCUT2D eigenvalue weighted by Crippen LogP contribution is 2.15. The smallest absolute Gasteiger partial charge is 0.338 e. The fraction of sp³-hybridized carbons (Fsp3) is 0.133. The van der Waals surface area contributed by atoms with Crippen molar-refractivity contribution in [2.24, 2.45) is 0 Å². The van der Waals surface area contributed by atoms with Crippen molar-refractivity contribution in [3.8, 4) is 5.75 Å². The second-order valence-electron chi connectivity index (χ2n) is 4.32. The molecule has 0 aliphatic carbocycles. The highest BCUT2D eigenvalue weighted by atomic mass is 16.5. The maximum absolute atomic E-state index is 11.9. The van der Waals surface area contributed by atoms with E-state index in [0.717, 1.165) is 11.1 Å². The number of carbonyl (C=O) groups is 1. The molecule has 0 aromatic heterocycles. The molecule has 0 heterocycles. The zero-order chi connectivity index (χ0) is 13.8. The van der Waals surface area contributed by atoms with Crippen LogP contribution in [0.5, 0.6) is 5.75 Å². The van der Waals surface area contributed by atoms with Gasteiger partial charge in [-0.15, -0.1) is 0 Å². The van der Waals surface area contributed by atoms with Gasteiger partial charge in [-0.1, -0.05) is 18.2 Å². The third-order valence-corrected chi connectivity index (χ3v) is 2.79. The highest BCUT2D eigenvalue weighted by molar-refractivity contribution is 5.92. The minimum absolute atomic E-state index is 0.160. The van der Waals surface area contributed by atoms with Crippen LogP contribution in [0.1, 0.15) is 21.5 Å². The number of nitrogen functional groups attached to an aromatic ring is 1. The van der Waals surface area contributed by atoms with Crippen molar-refractivity contribution in [3.05, 3.63) is 59.2 Å². The van der Waals surface area contributed by atoms with E-state index in [-0.39, 0.29) is 12.4 Å². The predicted molar refractivity (Wildman–Crippen MR) is 72.8 cm³/mol. The molecule has 19 heavy (non-hydrogen) atoms. The van der Waals surface area contributed by atoms with Gasteiger partial charge in [0.25, 0.3) is 0 Å². The molecule has 0 spiro atoms. The summed E-state index contributed by atoms with van der Waals surface area (Å²) < 4.78 is 5.21. The van der Waals surface area contributed by atoms with E-state index in [1.54, 1.807) is 42.5 Å². The average molecular weight is 257 g/mol. The molecule has 4 heteroatoms. The van der Waals surface area contributed by atoms with Gasteiger partial charge in [0.15, 0.2) is 0 Å². The summed E-state index contributed by atoms with van der Waals surface area (Å²) in [4.78, 5) is 11.9. The topological polar surface area (TPSA) is 72.6 Å². The van der Waals surface area contributed by atoms with E-state index < -0.39 is 5.97 Å². The predicted octanol–water partition coefficient (Wildman–Crippen LogP) is 2.64. The third-order valence-electron chi connectivity index (χ3n) is 2.79. The van der Waals surface area contributed by atoms with Gasteiger partial charge in [0.05, 0.1) is 5.56 Å². The Labute approximate surface area is 111 Å². The van der Waals surface area contributed by atoms with Crippen molar-refractivity contribution in [2.45, 2.75) is 13.5 Å². The summed E-state index contributed by atoms with van der Waals surface area (Å²) in [6.45, 7) is 1.99. The summed E-state index contributed by atoms with van der Waals surface area (Å²) in [5, 5.41) is 9.16. The van der Waals surface area contributed by atoms with Gasteiger partial charge >= 0.3 is 5.97 Å². The second-order valence-corrected chi connectivity index (χ2v) is 4.32. The molecule has 0 fully saturated rings. The van der Waals surface area contributed by atoms with E-state index in [1.807, 2.05) is 6.92 Å². The Kier molecular flexibility index (Phi) is 3.71. The minimum atomic E-state index is -0.405. The van der Waals surface area contributed by atoms with Crippen LogP contribution in [0.4, 0.5) is 5.69 Å². The fourth-order valence-electron chi connectivity index (χ4n) is 1.68. The van der Waals surface area contributed by atoms with Gasteiger partial charge < -0.3 is 15.6 Å². The van der Waals surface area contributed by atoms with Gasteiger partial charge in [-0.2, -0.15) is 0 Å². The van der Waals surface area contributed by atoms with E-state index in [2.05, 4.69) is 0 Å². The molecule has 98 valence electrons. The van der Waals surface area contributed by atoms with Crippen LogP contribution in [0.2, 0.25) is 0 Å². The Morgan fingerprint density at radius 2 is 1.89 bits per heavy atom. The van der Waals surface area contributed by atoms with E-state index in [1.165, 1.54) is 0 Å². The van der Waals surface area contributed by atoms with Crippen LogP contribution in [0.25, 0.3) is 0 Å². The van der Waals surface area contributed by atoms with Crippen LogP contribution in [-0.2, 0) is 11.3 Å². The monoisotopic (exact) mass is 257 g/mol. The van der Waals surface area contributed by atoms with E-state index in [9.17, 15) is 4.79 Å². The first kappa shape index (κ1) is 13.0. The first-order valence-electron chi connectivity index (χ1n) is 5.87. The number of phenols is 1. The molecule has 2 aromatic rings. The van der Waals surface area contributed by atoms with Crippen LogP contribution >= 0.6 is 0 Å². The van der Waals surface area contributed by atoms with Crippen molar-refractivity contribution in [1.29, 1.82) is 0 Å². The first-order valence-corrected chi connectivity index (χ1v) is 5.87. The maximum atomic E-state index is 11.9. The molecular formula is C15H15NO3. The van der Waals surface area contributed by atoms with Crippen molar-refractivity contribution in [1.82, 2.24) is 0 Å². The van der Waals surface area contributed by atoms with Crippen LogP contribution < -0.4 is 5.73 Å². The number of hydrogen-bond donors (Lipinski definition) is 2. The summed E-state index contributed by atoms with van der Waals surface area (Å²) in [5.74, 6) is -0.223. The van der Waals surface area contributed by atoms with Crippen LogP contribution in [0.3, 0.4) is 0 Å². The average Bonchev–Trinajstić information content (AvgIpc) is 2.40. The summed E-state index contributed by atoms with van der Waals surface area (Å²) >= 11 is 0. The molecule has 0 bridgehead atoms. The number of hydrogen-bond acceptors (Lipinski definition) is 4. The highest BCUT2D eigenvalue weighted by Gasteiger charge is 2.11. The number of esters is 1. The largest absolute Gasteiger partial charge is 0.508 e. The summed E-state index contributed by atoms with van der Waals surface area (Å²) in [6.07, 6.45) is 0. The Hall–Kier alpha value is -2.49. The molecule has 0 radical (unpaired) electrons. The molecule has 2 rings (SSSR count). The van der Waals surface area contributed by atoms with E-state index >= 15 is 0 Å². The Morgan fingerprint density at radius 1 is 1.21 bits per heavy atom. The van der Waals surface area contributed by atoms with Gasteiger partial charge in [-0.3, -0.25) is 0 Å². The number of aryl methyl sites for hydroxylation is 1. The molecule has 0 saturated carbocycles. The lowest BCUT2D eigenvalue weighted by atomic mass is 10.1. The molecule has 0 unspecified atom stereocenters. The van der Waals surface area contributed by atoms with Gasteiger partial charge in [0, 0.05) is 5.69 Å². The molecule has 4 nitrogen and oxygen atoms in total. The van der Waals surface area contributed by atoms with Crippen molar-refractivity contribution >= 4 is 11.7 Å². The normalized spacial score (nSPS) is 10.2. The fourth-order valence-corrected chi connectivity index (χ4v) is 1.68. The zero-order valence-corrected chi connectivity index (χ0v) is 10.6. The van der Waals surface area contributed by atoms with E-state index in [0.29, 0.717) is 11.3 Å². The van der Waals surface area contributed by atoms with E-state index in [4.69, 9.17) is 15.6 Å². The Morgan fingerprint density at radius 3 is 2.58 bits per heavy atom. The minimum Gasteiger partial charge on any atom is -0.508 e. The van der Waals surface area contributed by atoms with Crippen LogP contribution in [0, 0.1) is 6.92 Å². The number of ether oxygens (including phenoxy) is 1. The Bertz CT molecular complexity index is 591. The molecule has 0 atom stereocenters. The first-order chi connectivity index (χ1) is 9.06. The number of benzene rings is 2. The standard InChI is InChI=1S/C15H15NO3/c1-10-2-5-12(16)8-14(10)15(18)19-9-11-3-6-13(17)7-4-11/h2-8,17H,9,16H2,1H3.